The van der Waals surface area contributed by atoms with Crippen molar-refractivity contribution in [1.29, 1.82) is 0 Å². The van der Waals surface area contributed by atoms with Crippen molar-refractivity contribution in [2.75, 3.05) is 32.4 Å². The Hall–Kier alpha value is -0.660. The van der Waals surface area contributed by atoms with Crippen LogP contribution in [0.4, 0.5) is 0 Å². The number of nitrogens with two attached hydrogens (primary N) is 1. The quantitative estimate of drug-likeness (QED) is 0.748. The Morgan fingerprint density at radius 3 is 2.17 bits per heavy atom. The van der Waals surface area contributed by atoms with Gasteiger partial charge in [0.15, 0.2) is 0 Å². The molecule has 1 aliphatic heterocycles. The molecule has 2 atom stereocenters. The first-order valence-electron chi connectivity index (χ1n) is 6.26. The summed E-state index contributed by atoms with van der Waals surface area (Å²) in [4.78, 5) is 13.8. The van der Waals surface area contributed by atoms with Crippen LogP contribution >= 0.6 is 0 Å². The Balaban J connectivity index is 2.55. The van der Waals surface area contributed by atoms with Crippen molar-refractivity contribution >= 4 is 15.9 Å². The summed E-state index contributed by atoms with van der Waals surface area (Å²) >= 11 is 0. The SMILES string of the molecule is CCC(C)[C@H](N)C(=O)N1CCN(S(C)(=O)=O)CC1. The number of amides is 1. The molecule has 0 spiro atoms. The van der Waals surface area contributed by atoms with Gasteiger partial charge in [0, 0.05) is 26.2 Å². The Bertz CT molecular complexity index is 388. The minimum absolute atomic E-state index is 0.0718. The van der Waals surface area contributed by atoms with Gasteiger partial charge in [0.25, 0.3) is 0 Å². The maximum absolute atomic E-state index is 12.1. The summed E-state index contributed by atoms with van der Waals surface area (Å²) in [7, 11) is -3.15. The molecule has 1 saturated heterocycles. The van der Waals surface area contributed by atoms with E-state index in [0.717, 1.165) is 6.42 Å². The molecule has 1 fully saturated rings. The smallest absolute Gasteiger partial charge is 0.239 e. The van der Waals surface area contributed by atoms with Crippen molar-refractivity contribution in [2.24, 2.45) is 11.7 Å². The summed E-state index contributed by atoms with van der Waals surface area (Å²) in [5.41, 5.74) is 5.90. The summed E-state index contributed by atoms with van der Waals surface area (Å²) < 4.78 is 24.1. The first kappa shape index (κ1) is 15.4. The fourth-order valence-corrected chi connectivity index (χ4v) is 2.77. The van der Waals surface area contributed by atoms with E-state index in [2.05, 4.69) is 0 Å². The first-order valence-corrected chi connectivity index (χ1v) is 8.11. The minimum Gasteiger partial charge on any atom is -0.339 e. The van der Waals surface area contributed by atoms with Crippen molar-refractivity contribution in [3.05, 3.63) is 0 Å². The standard InChI is InChI=1S/C11H23N3O3S/c1-4-9(2)10(12)11(15)13-5-7-14(8-6-13)18(3,16)17/h9-10H,4-8,12H2,1-3H3/t9?,10-/m0/s1. The molecule has 1 rings (SSSR count). The predicted molar refractivity (Wildman–Crippen MR) is 70.4 cm³/mol. The number of piperazine rings is 1. The second-order valence-corrected chi connectivity index (χ2v) is 6.88. The van der Waals surface area contributed by atoms with Crippen LogP contribution < -0.4 is 5.73 Å². The van der Waals surface area contributed by atoms with Crippen molar-refractivity contribution < 1.29 is 13.2 Å². The lowest BCUT2D eigenvalue weighted by molar-refractivity contribution is -0.134. The van der Waals surface area contributed by atoms with E-state index in [1.165, 1.54) is 10.6 Å². The average molecular weight is 277 g/mol. The van der Waals surface area contributed by atoms with E-state index >= 15 is 0 Å². The maximum atomic E-state index is 12.1. The molecule has 0 aromatic carbocycles. The number of hydrogen-bond acceptors (Lipinski definition) is 4. The van der Waals surface area contributed by atoms with Gasteiger partial charge in [-0.1, -0.05) is 20.3 Å². The highest BCUT2D eigenvalue weighted by molar-refractivity contribution is 7.88. The van der Waals surface area contributed by atoms with Crippen molar-refractivity contribution in [2.45, 2.75) is 26.3 Å². The van der Waals surface area contributed by atoms with E-state index < -0.39 is 16.1 Å². The fourth-order valence-electron chi connectivity index (χ4n) is 1.95. The zero-order valence-electron chi connectivity index (χ0n) is 11.3. The summed E-state index contributed by atoms with van der Waals surface area (Å²) in [6, 6.07) is -0.486. The molecule has 0 aromatic rings. The summed E-state index contributed by atoms with van der Waals surface area (Å²) in [5.74, 6) is 0.0722. The van der Waals surface area contributed by atoms with Gasteiger partial charge >= 0.3 is 0 Å². The van der Waals surface area contributed by atoms with Crippen LogP contribution in [0.15, 0.2) is 0 Å². The van der Waals surface area contributed by atoms with Gasteiger partial charge in [-0.25, -0.2) is 8.42 Å². The Morgan fingerprint density at radius 2 is 1.78 bits per heavy atom. The molecular weight excluding hydrogens is 254 g/mol. The number of carbonyl (C=O) groups excluding carboxylic acids is 1. The highest BCUT2D eigenvalue weighted by Crippen LogP contribution is 2.12. The van der Waals surface area contributed by atoms with Gasteiger partial charge in [0.1, 0.15) is 0 Å². The van der Waals surface area contributed by atoms with Crippen LogP contribution in [-0.2, 0) is 14.8 Å². The molecule has 106 valence electrons. The second-order valence-electron chi connectivity index (χ2n) is 4.90. The maximum Gasteiger partial charge on any atom is 0.239 e. The minimum atomic E-state index is -3.15. The van der Waals surface area contributed by atoms with E-state index in [4.69, 9.17) is 5.73 Å². The van der Waals surface area contributed by atoms with Crippen LogP contribution in [0.1, 0.15) is 20.3 Å². The van der Waals surface area contributed by atoms with Crippen molar-refractivity contribution in [3.63, 3.8) is 0 Å². The van der Waals surface area contributed by atoms with E-state index in [-0.39, 0.29) is 11.8 Å². The zero-order chi connectivity index (χ0) is 13.9. The lowest BCUT2D eigenvalue weighted by Crippen LogP contribution is -2.55. The lowest BCUT2D eigenvalue weighted by Gasteiger charge is -2.35. The monoisotopic (exact) mass is 277 g/mol. The third-order valence-electron chi connectivity index (χ3n) is 3.56. The molecule has 0 aliphatic carbocycles. The van der Waals surface area contributed by atoms with Crippen LogP contribution in [0.25, 0.3) is 0 Å². The van der Waals surface area contributed by atoms with Gasteiger partial charge in [-0.15, -0.1) is 0 Å². The highest BCUT2D eigenvalue weighted by Gasteiger charge is 2.30. The Kier molecular flexibility index (Phi) is 5.12. The normalized spacial score (nSPS) is 21.7. The van der Waals surface area contributed by atoms with Gasteiger partial charge in [0.05, 0.1) is 12.3 Å². The van der Waals surface area contributed by atoms with Crippen LogP contribution in [-0.4, -0.2) is 62.0 Å². The van der Waals surface area contributed by atoms with Crippen LogP contribution in [0.5, 0.6) is 0 Å². The predicted octanol–water partition coefficient (Wildman–Crippen LogP) is -0.536. The van der Waals surface area contributed by atoms with Crippen LogP contribution in [0.3, 0.4) is 0 Å². The molecule has 2 N–H and O–H groups in total. The third kappa shape index (κ3) is 3.66. The first-order chi connectivity index (χ1) is 8.27. The zero-order valence-corrected chi connectivity index (χ0v) is 12.1. The topological polar surface area (TPSA) is 83.7 Å². The summed E-state index contributed by atoms with van der Waals surface area (Å²) in [6.07, 6.45) is 2.05. The van der Waals surface area contributed by atoms with Crippen molar-refractivity contribution in [1.82, 2.24) is 9.21 Å². The van der Waals surface area contributed by atoms with Crippen LogP contribution in [0, 0.1) is 5.92 Å². The molecule has 7 heteroatoms. The molecule has 0 radical (unpaired) electrons. The molecule has 0 saturated carbocycles. The van der Waals surface area contributed by atoms with E-state index in [9.17, 15) is 13.2 Å². The van der Waals surface area contributed by atoms with Gasteiger partial charge in [-0.3, -0.25) is 4.79 Å². The molecule has 18 heavy (non-hydrogen) atoms. The van der Waals surface area contributed by atoms with Crippen LogP contribution in [0.2, 0.25) is 0 Å². The van der Waals surface area contributed by atoms with Gasteiger partial charge < -0.3 is 10.6 Å². The Labute approximate surface area is 109 Å². The van der Waals surface area contributed by atoms with E-state index in [1.807, 2.05) is 13.8 Å². The summed E-state index contributed by atoms with van der Waals surface area (Å²) in [5, 5.41) is 0. The molecule has 6 nitrogen and oxygen atoms in total. The molecule has 1 unspecified atom stereocenters. The average Bonchev–Trinajstić information content (AvgIpc) is 2.35. The molecule has 1 heterocycles. The molecule has 1 amide bonds. The molecule has 0 aromatic heterocycles. The molecule has 0 bridgehead atoms. The number of sulfonamides is 1. The number of nitrogens with zero attached hydrogens (tertiary/aromatic N) is 2. The lowest BCUT2D eigenvalue weighted by atomic mass is 9.99. The number of rotatable bonds is 4. The highest BCUT2D eigenvalue weighted by atomic mass is 32.2. The molecule has 1 aliphatic rings. The second kappa shape index (κ2) is 5.99. The summed E-state index contributed by atoms with van der Waals surface area (Å²) in [6.45, 7) is 5.52. The van der Waals surface area contributed by atoms with E-state index in [0.29, 0.717) is 26.2 Å². The van der Waals surface area contributed by atoms with E-state index in [1.54, 1.807) is 4.90 Å². The Morgan fingerprint density at radius 1 is 1.28 bits per heavy atom. The van der Waals surface area contributed by atoms with Gasteiger partial charge in [0.2, 0.25) is 15.9 Å². The van der Waals surface area contributed by atoms with Gasteiger partial charge in [-0.05, 0) is 5.92 Å². The number of hydrogen-bond donors (Lipinski definition) is 1. The molecular formula is C11H23N3O3S. The largest absolute Gasteiger partial charge is 0.339 e. The van der Waals surface area contributed by atoms with Crippen molar-refractivity contribution in [3.8, 4) is 0 Å². The fraction of sp³-hybridized carbons (Fsp3) is 0.909. The van der Waals surface area contributed by atoms with Gasteiger partial charge in [-0.2, -0.15) is 4.31 Å². The number of carbonyl (C=O) groups is 1. The third-order valence-corrected chi connectivity index (χ3v) is 4.86.